The normalized spacial score (nSPS) is 10.1. The molecule has 1 rings (SSSR count). The number of rotatable bonds is 2. The second-order valence-electron chi connectivity index (χ2n) is 2.32. The molecular weight excluding hydrogens is 200 g/mol. The summed E-state index contributed by atoms with van der Waals surface area (Å²) in [5.41, 5.74) is 5.77. The summed E-state index contributed by atoms with van der Waals surface area (Å²) in [6.45, 7) is 0. The van der Waals surface area contributed by atoms with Crippen molar-refractivity contribution < 1.29 is 4.92 Å². The maximum Gasteiger partial charge on any atom is 0.270 e. The number of nitrogens with two attached hydrogens (primary N) is 4. The molecule has 0 atom stereocenters. The summed E-state index contributed by atoms with van der Waals surface area (Å²) in [5, 5.41) is 13.6. The number of hydrogen-bond donors (Lipinski definition) is 4. The molecule has 8 nitrogen and oxygen atoms in total. The summed E-state index contributed by atoms with van der Waals surface area (Å²) in [7, 11) is 0. The Labute approximate surface area is 85.7 Å². The van der Waals surface area contributed by atoms with Crippen LogP contribution in [-0.4, -0.2) is 10.8 Å². The van der Waals surface area contributed by atoms with Crippen molar-refractivity contribution in [1.29, 1.82) is 0 Å². The molecule has 0 heterocycles. The Bertz CT molecular complexity index is 364. The summed E-state index contributed by atoms with van der Waals surface area (Å²) in [6.07, 6.45) is 0. The molecule has 0 aromatic heterocycles. The van der Waals surface area contributed by atoms with Crippen molar-refractivity contribution >= 4 is 11.5 Å². The van der Waals surface area contributed by atoms with E-state index in [1.807, 2.05) is 0 Å². The van der Waals surface area contributed by atoms with Crippen molar-refractivity contribution in [3.63, 3.8) is 0 Å². The number of hydrogen-bond acceptors (Lipinski definition) is 6. The van der Waals surface area contributed by atoms with Gasteiger partial charge >= 0.3 is 0 Å². The lowest BCUT2D eigenvalue weighted by atomic mass is 10.2. The van der Waals surface area contributed by atoms with E-state index >= 15 is 0 Å². The van der Waals surface area contributed by atoms with Gasteiger partial charge < -0.3 is 11.6 Å². The average Bonchev–Trinajstić information content (AvgIpc) is 2.30. The number of amidine groups is 1. The minimum atomic E-state index is -0.507. The molecule has 8 heteroatoms. The van der Waals surface area contributed by atoms with Gasteiger partial charge in [-0.15, -0.1) is 0 Å². The Hall–Kier alpha value is -2.19. The first-order valence-electron chi connectivity index (χ1n) is 3.76. The van der Waals surface area contributed by atoms with Crippen molar-refractivity contribution in [3.8, 4) is 0 Å². The average molecular weight is 212 g/mol. The summed E-state index contributed by atoms with van der Waals surface area (Å²) in [5.74, 6) is 13.0. The van der Waals surface area contributed by atoms with E-state index < -0.39 is 4.92 Å². The molecule has 1 aromatic carbocycles. The molecule has 0 fully saturated rings. The fraction of sp³-hybridized carbons (Fsp3) is 0. The smallest absolute Gasteiger partial charge is 0.270 e. The second kappa shape index (κ2) is 6.29. The summed E-state index contributed by atoms with van der Waals surface area (Å²) in [4.78, 5) is 9.85. The van der Waals surface area contributed by atoms with E-state index in [4.69, 9.17) is 11.6 Å². The quantitative estimate of drug-likeness (QED) is 0.161. The number of hydrazine groups is 1. The van der Waals surface area contributed by atoms with E-state index in [-0.39, 0.29) is 11.5 Å². The van der Waals surface area contributed by atoms with Crippen LogP contribution >= 0.6 is 0 Å². The molecule has 0 aliphatic heterocycles. The molecule has 0 aliphatic carbocycles. The third-order valence-corrected chi connectivity index (χ3v) is 1.49. The first-order valence-corrected chi connectivity index (χ1v) is 3.76. The molecule has 15 heavy (non-hydrogen) atoms. The van der Waals surface area contributed by atoms with Gasteiger partial charge in [-0.2, -0.15) is 5.10 Å². The first-order chi connectivity index (χ1) is 7.15. The van der Waals surface area contributed by atoms with E-state index in [9.17, 15) is 10.1 Å². The van der Waals surface area contributed by atoms with Crippen LogP contribution in [0.15, 0.2) is 29.4 Å². The highest BCUT2D eigenvalue weighted by atomic mass is 16.6. The largest absolute Gasteiger partial charge is 0.382 e. The highest BCUT2D eigenvalue weighted by Gasteiger charge is 2.06. The highest BCUT2D eigenvalue weighted by Crippen LogP contribution is 2.12. The van der Waals surface area contributed by atoms with Gasteiger partial charge in [-0.1, -0.05) is 12.1 Å². The van der Waals surface area contributed by atoms with Crippen molar-refractivity contribution in [3.05, 3.63) is 39.9 Å². The number of nitro benzene ring substituents is 1. The van der Waals surface area contributed by atoms with Crippen LogP contribution in [0.1, 0.15) is 5.56 Å². The minimum Gasteiger partial charge on any atom is -0.382 e. The predicted molar refractivity (Wildman–Crippen MR) is 56.4 cm³/mol. The summed E-state index contributed by atoms with van der Waals surface area (Å²) in [6, 6.07) is 5.79. The Morgan fingerprint density at radius 2 is 2.00 bits per heavy atom. The van der Waals surface area contributed by atoms with Crippen molar-refractivity contribution in [1.82, 2.24) is 0 Å². The maximum atomic E-state index is 10.4. The van der Waals surface area contributed by atoms with Gasteiger partial charge in [-0.25, -0.2) is 0 Å². The predicted octanol–water partition coefficient (Wildman–Crippen LogP) is -1.01. The van der Waals surface area contributed by atoms with E-state index in [2.05, 4.69) is 16.8 Å². The first kappa shape index (κ1) is 12.8. The van der Waals surface area contributed by atoms with Gasteiger partial charge in [0.1, 0.15) is 0 Å². The van der Waals surface area contributed by atoms with Gasteiger partial charge in [-0.3, -0.25) is 21.8 Å². The molecule has 0 radical (unpaired) electrons. The lowest BCUT2D eigenvalue weighted by Crippen LogP contribution is -2.15. The van der Waals surface area contributed by atoms with Crippen molar-refractivity contribution in [2.75, 3.05) is 0 Å². The number of hydrazone groups is 1. The molecule has 1 aromatic rings. The van der Waals surface area contributed by atoms with E-state index in [1.54, 1.807) is 6.07 Å². The van der Waals surface area contributed by atoms with Gasteiger partial charge in [0, 0.05) is 17.7 Å². The molecular formula is C7H12N6O2. The fourth-order valence-corrected chi connectivity index (χ4v) is 0.853. The molecule has 0 spiro atoms. The van der Waals surface area contributed by atoms with Crippen LogP contribution in [-0.2, 0) is 0 Å². The molecule has 8 N–H and O–H groups in total. The Morgan fingerprint density at radius 1 is 1.40 bits per heavy atom. The van der Waals surface area contributed by atoms with Gasteiger partial charge in [-0.05, 0) is 0 Å². The number of nitrogens with zero attached hydrogens (tertiary/aromatic N) is 2. The number of non-ortho nitro benzene ring substituents is 1. The maximum absolute atomic E-state index is 10.4. The van der Waals surface area contributed by atoms with Gasteiger partial charge in [0.15, 0.2) is 5.84 Å². The second-order valence-corrected chi connectivity index (χ2v) is 2.32. The van der Waals surface area contributed by atoms with Crippen LogP contribution in [0.5, 0.6) is 0 Å². The Balaban J connectivity index is 0.000000921. The van der Waals surface area contributed by atoms with Crippen molar-refractivity contribution in [2.45, 2.75) is 0 Å². The lowest BCUT2D eigenvalue weighted by molar-refractivity contribution is -0.384. The highest BCUT2D eigenvalue weighted by molar-refractivity contribution is 5.97. The zero-order valence-corrected chi connectivity index (χ0v) is 7.83. The summed E-state index contributed by atoms with van der Waals surface area (Å²) >= 11 is 0. The van der Waals surface area contributed by atoms with Crippen LogP contribution in [0.25, 0.3) is 0 Å². The summed E-state index contributed by atoms with van der Waals surface area (Å²) < 4.78 is 0. The Morgan fingerprint density at radius 3 is 2.47 bits per heavy atom. The monoisotopic (exact) mass is 212 g/mol. The third kappa shape index (κ3) is 3.58. The zero-order chi connectivity index (χ0) is 11.8. The molecule has 0 aliphatic rings. The molecule has 82 valence electrons. The van der Waals surface area contributed by atoms with Crippen LogP contribution in [0.3, 0.4) is 0 Å². The molecule has 0 unspecified atom stereocenters. The minimum absolute atomic E-state index is 0.0379. The standard InChI is InChI=1S/C7H8N4O2.H4N2/c8-7(10-9)5-2-1-3-6(4-5)11(12)13;1-2/h1-4H,9H2,(H2,8,10);1-2H2. The molecule has 0 saturated carbocycles. The fourth-order valence-electron chi connectivity index (χ4n) is 0.853. The Kier molecular flexibility index (Phi) is 5.37. The third-order valence-electron chi connectivity index (χ3n) is 1.49. The van der Waals surface area contributed by atoms with Gasteiger partial charge in [0.25, 0.3) is 5.69 Å². The van der Waals surface area contributed by atoms with Crippen LogP contribution in [0.4, 0.5) is 5.69 Å². The van der Waals surface area contributed by atoms with Gasteiger partial charge in [0.2, 0.25) is 0 Å². The number of benzene rings is 1. The number of nitro groups is 1. The van der Waals surface area contributed by atoms with E-state index in [0.29, 0.717) is 5.56 Å². The zero-order valence-electron chi connectivity index (χ0n) is 7.83. The molecule has 0 saturated heterocycles. The van der Waals surface area contributed by atoms with E-state index in [1.165, 1.54) is 18.2 Å². The van der Waals surface area contributed by atoms with Crippen molar-refractivity contribution in [2.24, 2.45) is 28.4 Å². The van der Waals surface area contributed by atoms with Crippen LogP contribution in [0.2, 0.25) is 0 Å². The van der Waals surface area contributed by atoms with Crippen LogP contribution < -0.4 is 23.3 Å². The SMILES string of the molecule is NN.NN=C(N)c1cccc([N+](=O)[O-])c1. The lowest BCUT2D eigenvalue weighted by Gasteiger charge is -1.97. The molecule has 0 amide bonds. The van der Waals surface area contributed by atoms with E-state index in [0.717, 1.165) is 0 Å². The topological polar surface area (TPSA) is 160 Å². The van der Waals surface area contributed by atoms with Gasteiger partial charge in [0.05, 0.1) is 4.92 Å². The molecule has 0 bridgehead atoms. The van der Waals surface area contributed by atoms with Crippen LogP contribution in [0, 0.1) is 10.1 Å².